The molecule has 0 aromatic rings. The van der Waals surface area contributed by atoms with E-state index in [1.165, 1.54) is 32.8 Å². The minimum Gasteiger partial charge on any atom is -0.469 e. The molecule has 1 aliphatic heterocycles. The molecular formula is C22H40N4O4S. The van der Waals surface area contributed by atoms with Crippen LogP contribution in [-0.2, 0) is 14.3 Å². The van der Waals surface area contributed by atoms with Crippen molar-refractivity contribution in [1.82, 2.24) is 20.0 Å². The van der Waals surface area contributed by atoms with E-state index in [2.05, 4.69) is 22.0 Å². The molecule has 1 aliphatic carbocycles. The van der Waals surface area contributed by atoms with E-state index < -0.39 is 6.04 Å². The molecule has 2 fully saturated rings. The van der Waals surface area contributed by atoms with E-state index in [1.807, 2.05) is 9.80 Å². The van der Waals surface area contributed by atoms with E-state index in [0.717, 1.165) is 25.3 Å². The number of carbonyl (C=O) groups excluding carboxylic acids is 3. The Hall–Kier alpha value is -1.48. The van der Waals surface area contributed by atoms with Gasteiger partial charge in [-0.25, -0.2) is 4.79 Å². The van der Waals surface area contributed by atoms with Crippen LogP contribution in [0.1, 0.15) is 45.4 Å². The van der Waals surface area contributed by atoms with Crippen LogP contribution < -0.4 is 5.32 Å². The van der Waals surface area contributed by atoms with Gasteiger partial charge in [-0.2, -0.15) is 11.8 Å². The predicted octanol–water partition coefficient (Wildman–Crippen LogP) is 2.04. The zero-order valence-electron chi connectivity index (χ0n) is 19.4. The molecule has 0 spiro atoms. The van der Waals surface area contributed by atoms with Crippen molar-refractivity contribution in [2.75, 3.05) is 64.9 Å². The molecule has 0 bridgehead atoms. The van der Waals surface area contributed by atoms with Crippen molar-refractivity contribution in [3.05, 3.63) is 0 Å². The highest BCUT2D eigenvalue weighted by molar-refractivity contribution is 7.99. The van der Waals surface area contributed by atoms with Gasteiger partial charge in [-0.15, -0.1) is 0 Å². The average Bonchev–Trinajstić information content (AvgIpc) is 3.28. The molecule has 1 heterocycles. The number of likely N-dealkylation sites (N-methyl/N-ethyl adjacent to an activating group) is 1. The fourth-order valence-corrected chi connectivity index (χ4v) is 4.99. The van der Waals surface area contributed by atoms with Crippen LogP contribution in [0.3, 0.4) is 0 Å². The lowest BCUT2D eigenvalue weighted by atomic mass is 10.0. The molecular weight excluding hydrogens is 416 g/mol. The maximum atomic E-state index is 13.0. The van der Waals surface area contributed by atoms with Crippen LogP contribution in [0.4, 0.5) is 4.79 Å². The normalized spacial score (nSPS) is 18.6. The highest BCUT2D eigenvalue weighted by Crippen LogP contribution is 2.27. The minimum absolute atomic E-state index is 0.00959. The van der Waals surface area contributed by atoms with Crippen molar-refractivity contribution in [2.24, 2.45) is 5.92 Å². The van der Waals surface area contributed by atoms with Gasteiger partial charge in [0.15, 0.2) is 0 Å². The summed E-state index contributed by atoms with van der Waals surface area (Å²) in [7, 11) is 3.45. The summed E-state index contributed by atoms with van der Waals surface area (Å²) >= 11 is 1.65. The van der Waals surface area contributed by atoms with Crippen molar-refractivity contribution in [3.63, 3.8) is 0 Å². The third-order valence-electron chi connectivity index (χ3n) is 6.28. The van der Waals surface area contributed by atoms with Crippen LogP contribution in [0.25, 0.3) is 0 Å². The van der Waals surface area contributed by atoms with Crippen LogP contribution in [0.15, 0.2) is 0 Å². The number of amides is 3. The second kappa shape index (κ2) is 13.8. The number of hydrogen-bond acceptors (Lipinski definition) is 6. The Bertz CT molecular complexity index is 578. The summed E-state index contributed by atoms with van der Waals surface area (Å²) in [5.74, 6) is 1.93. The summed E-state index contributed by atoms with van der Waals surface area (Å²) in [4.78, 5) is 42.9. The summed E-state index contributed by atoms with van der Waals surface area (Å²) in [6.07, 6.45) is 6.48. The third-order valence-corrected chi connectivity index (χ3v) is 7.24. The fraction of sp³-hybridized carbons (Fsp3) is 0.864. The maximum absolute atomic E-state index is 13.0. The van der Waals surface area contributed by atoms with Crippen molar-refractivity contribution in [1.29, 1.82) is 0 Å². The minimum atomic E-state index is -0.531. The number of nitrogens with one attached hydrogen (secondary N) is 1. The Morgan fingerprint density at radius 2 is 1.77 bits per heavy atom. The van der Waals surface area contributed by atoms with E-state index in [1.54, 1.807) is 18.7 Å². The maximum Gasteiger partial charge on any atom is 0.318 e. The van der Waals surface area contributed by atoms with Crippen molar-refractivity contribution < 1.29 is 19.1 Å². The molecule has 0 aromatic heterocycles. The molecule has 8 nitrogen and oxygen atoms in total. The number of nitrogens with zero attached hydrogens (tertiary/aromatic N) is 3. The fourth-order valence-electron chi connectivity index (χ4n) is 4.13. The van der Waals surface area contributed by atoms with Gasteiger partial charge in [0.05, 0.1) is 13.5 Å². The van der Waals surface area contributed by atoms with Crippen LogP contribution >= 0.6 is 11.8 Å². The first-order valence-electron chi connectivity index (χ1n) is 11.6. The Labute approximate surface area is 191 Å². The number of rotatable bonds is 11. The molecule has 0 aromatic carbocycles. The summed E-state index contributed by atoms with van der Waals surface area (Å²) in [5, 5.41) is 2.93. The van der Waals surface area contributed by atoms with Gasteiger partial charge < -0.3 is 24.8 Å². The highest BCUT2D eigenvalue weighted by atomic mass is 32.2. The molecule has 178 valence electrons. The summed E-state index contributed by atoms with van der Waals surface area (Å²) in [5.41, 5.74) is 0. The van der Waals surface area contributed by atoms with Gasteiger partial charge in [-0.1, -0.05) is 25.7 Å². The van der Waals surface area contributed by atoms with E-state index in [4.69, 9.17) is 0 Å². The molecule has 0 unspecified atom stereocenters. The molecule has 1 saturated carbocycles. The topological polar surface area (TPSA) is 82.2 Å². The standard InChI is InChI=1S/C22H40N4O4S/c1-18(21(28)25-13-11-24(2)12-14-25)23-22(29)26(10-8-19-6-4-5-7-19)15-17-31-16-9-20(27)30-3/h18-19H,4-17H2,1-3H3,(H,23,29)/t18-/m0/s1. The van der Waals surface area contributed by atoms with Crippen molar-refractivity contribution in [2.45, 2.75) is 51.5 Å². The lowest BCUT2D eigenvalue weighted by Gasteiger charge is -2.34. The van der Waals surface area contributed by atoms with Crippen LogP contribution in [-0.4, -0.2) is 104 Å². The van der Waals surface area contributed by atoms with Gasteiger partial charge >= 0.3 is 12.0 Å². The van der Waals surface area contributed by atoms with Gasteiger partial charge in [-0.3, -0.25) is 9.59 Å². The van der Waals surface area contributed by atoms with Gasteiger partial charge in [-0.05, 0) is 26.3 Å². The van der Waals surface area contributed by atoms with E-state index in [-0.39, 0.29) is 17.9 Å². The molecule has 0 radical (unpaired) electrons. The first-order chi connectivity index (χ1) is 14.9. The monoisotopic (exact) mass is 456 g/mol. The quantitative estimate of drug-likeness (QED) is 0.378. The Kier molecular flexibility index (Phi) is 11.5. The van der Waals surface area contributed by atoms with Gasteiger partial charge in [0.2, 0.25) is 5.91 Å². The van der Waals surface area contributed by atoms with E-state index in [0.29, 0.717) is 44.3 Å². The molecule has 9 heteroatoms. The Morgan fingerprint density at radius 1 is 1.10 bits per heavy atom. The summed E-state index contributed by atoms with van der Waals surface area (Å²) in [6.45, 7) is 6.24. The van der Waals surface area contributed by atoms with E-state index in [9.17, 15) is 14.4 Å². The van der Waals surface area contributed by atoms with Crippen LogP contribution in [0.5, 0.6) is 0 Å². The van der Waals surface area contributed by atoms with Crippen LogP contribution in [0, 0.1) is 5.92 Å². The largest absolute Gasteiger partial charge is 0.469 e. The van der Waals surface area contributed by atoms with Gasteiger partial charge in [0, 0.05) is 50.8 Å². The molecule has 1 N–H and O–H groups in total. The molecule has 3 amide bonds. The predicted molar refractivity (Wildman–Crippen MR) is 124 cm³/mol. The lowest BCUT2D eigenvalue weighted by molar-refractivity contribution is -0.140. The first kappa shape index (κ1) is 25.8. The Morgan fingerprint density at radius 3 is 2.42 bits per heavy atom. The molecule has 2 rings (SSSR count). The zero-order valence-corrected chi connectivity index (χ0v) is 20.3. The molecule has 2 aliphatic rings. The second-order valence-corrected chi connectivity index (χ2v) is 9.89. The number of esters is 1. The lowest BCUT2D eigenvalue weighted by Crippen LogP contribution is -2.55. The number of thioether (sulfide) groups is 1. The number of ether oxygens (including phenoxy) is 1. The van der Waals surface area contributed by atoms with E-state index >= 15 is 0 Å². The van der Waals surface area contributed by atoms with Gasteiger partial charge in [0.1, 0.15) is 6.04 Å². The number of urea groups is 1. The summed E-state index contributed by atoms with van der Waals surface area (Å²) < 4.78 is 4.67. The van der Waals surface area contributed by atoms with Crippen molar-refractivity contribution in [3.8, 4) is 0 Å². The smallest absolute Gasteiger partial charge is 0.318 e. The highest BCUT2D eigenvalue weighted by Gasteiger charge is 2.26. The SMILES string of the molecule is COC(=O)CCSCCN(CCC1CCCC1)C(=O)N[C@@H](C)C(=O)N1CCN(C)CC1. The number of methoxy groups -OCH3 is 1. The number of hydrogen-bond donors (Lipinski definition) is 1. The summed E-state index contributed by atoms with van der Waals surface area (Å²) in [6, 6.07) is -0.696. The van der Waals surface area contributed by atoms with Gasteiger partial charge in [0.25, 0.3) is 0 Å². The molecule has 1 atom stereocenters. The Balaban J connectivity index is 1.81. The zero-order chi connectivity index (χ0) is 22.6. The number of piperazine rings is 1. The second-order valence-electron chi connectivity index (χ2n) is 8.66. The third kappa shape index (κ3) is 9.27. The first-order valence-corrected chi connectivity index (χ1v) is 12.7. The average molecular weight is 457 g/mol. The van der Waals surface area contributed by atoms with Crippen molar-refractivity contribution >= 4 is 29.7 Å². The number of carbonyl (C=O) groups is 3. The molecule has 1 saturated heterocycles. The molecule has 31 heavy (non-hydrogen) atoms. The van der Waals surface area contributed by atoms with Crippen LogP contribution in [0.2, 0.25) is 0 Å².